The zero-order chi connectivity index (χ0) is 21.0. The van der Waals surface area contributed by atoms with Gasteiger partial charge in [-0.1, -0.05) is 42.8 Å². The summed E-state index contributed by atoms with van der Waals surface area (Å²) >= 11 is 0. The van der Waals surface area contributed by atoms with Gasteiger partial charge in [0.1, 0.15) is 11.5 Å². The maximum atomic E-state index is 12.7. The predicted octanol–water partition coefficient (Wildman–Crippen LogP) is 2.38. The smallest absolute Gasteiger partial charge is 0.344 e. The maximum absolute atomic E-state index is 12.7. The van der Waals surface area contributed by atoms with E-state index in [0.29, 0.717) is 38.8 Å². The van der Waals surface area contributed by atoms with Crippen LogP contribution < -0.4 is 25.6 Å². The number of esters is 2. The van der Waals surface area contributed by atoms with E-state index in [2.05, 4.69) is 0 Å². The Balaban J connectivity index is 1.75. The van der Waals surface area contributed by atoms with Crippen molar-refractivity contribution in [3.05, 3.63) is 87.3 Å². The summed E-state index contributed by atoms with van der Waals surface area (Å²) in [5, 5.41) is 1.24. The van der Waals surface area contributed by atoms with Crippen molar-refractivity contribution in [2.45, 2.75) is 20.3 Å². The molecule has 0 atom stereocenters. The lowest BCUT2D eigenvalue weighted by Gasteiger charge is -2.06. The lowest BCUT2D eigenvalue weighted by Crippen LogP contribution is -2.11. The number of ether oxygens (including phenoxy) is 2. The largest absolute Gasteiger partial charge is 0.422 e. The fraction of sp³-hybridized carbons (Fsp3) is 0.120. The molecule has 0 bridgehead atoms. The summed E-state index contributed by atoms with van der Waals surface area (Å²) in [6.07, 6.45) is 0.755. The Bertz CT molecular complexity index is 1370. The van der Waals surface area contributed by atoms with Crippen LogP contribution in [0.3, 0.4) is 0 Å². The van der Waals surface area contributed by atoms with Crippen molar-refractivity contribution in [1.29, 1.82) is 0 Å². The normalized spacial score (nSPS) is 14.5. The van der Waals surface area contributed by atoms with Gasteiger partial charge in [0.2, 0.25) is 0 Å². The summed E-state index contributed by atoms with van der Waals surface area (Å²) < 4.78 is 11.1. The number of hydrogen-bond acceptors (Lipinski definition) is 5. The summed E-state index contributed by atoms with van der Waals surface area (Å²) in [4.78, 5) is 25.3. The molecule has 0 amide bonds. The average Bonchev–Trinajstić information content (AvgIpc) is 3.21. The van der Waals surface area contributed by atoms with Gasteiger partial charge in [-0.15, -0.1) is 0 Å². The van der Waals surface area contributed by atoms with Crippen LogP contribution in [-0.2, 0) is 16.0 Å². The Kier molecular flexibility index (Phi) is 4.00. The zero-order valence-corrected chi connectivity index (χ0v) is 16.6. The van der Waals surface area contributed by atoms with Gasteiger partial charge in [0, 0.05) is 16.1 Å². The van der Waals surface area contributed by atoms with Crippen LogP contribution in [0.1, 0.15) is 29.2 Å². The summed E-state index contributed by atoms with van der Waals surface area (Å²) in [5.41, 5.74) is 11.2. The van der Waals surface area contributed by atoms with Gasteiger partial charge in [0.15, 0.2) is 0 Å². The maximum Gasteiger partial charge on any atom is 0.344 e. The molecule has 0 unspecified atom stereocenters. The Morgan fingerprint density at radius 2 is 1.30 bits per heavy atom. The van der Waals surface area contributed by atoms with Gasteiger partial charge in [0.05, 0.1) is 11.1 Å². The molecule has 30 heavy (non-hydrogen) atoms. The number of nitrogen functional groups attached to an aromatic ring is 1. The third-order valence-electron chi connectivity index (χ3n) is 5.59. The average molecular weight is 397 g/mol. The second-order valence-electron chi connectivity index (χ2n) is 7.51. The SMILES string of the molecule is CCc1cc(C2=c3cc4c(cc3OC2=O)=C(c2ccc(C)cc2)C(=O)O4)ccc1N. The van der Waals surface area contributed by atoms with Crippen LogP contribution in [-0.4, -0.2) is 11.9 Å². The highest BCUT2D eigenvalue weighted by Gasteiger charge is 2.30. The summed E-state index contributed by atoms with van der Waals surface area (Å²) in [6, 6.07) is 16.6. The van der Waals surface area contributed by atoms with Crippen molar-refractivity contribution < 1.29 is 19.1 Å². The molecule has 5 rings (SSSR count). The Morgan fingerprint density at radius 3 is 1.87 bits per heavy atom. The molecule has 2 aliphatic rings. The topological polar surface area (TPSA) is 78.6 Å². The Hall–Kier alpha value is -3.86. The molecule has 3 aromatic carbocycles. The molecule has 0 fully saturated rings. The molecule has 2 aliphatic heterocycles. The number of benzene rings is 3. The first-order valence-corrected chi connectivity index (χ1v) is 9.79. The number of aryl methyl sites for hydroxylation is 2. The third-order valence-corrected chi connectivity index (χ3v) is 5.59. The van der Waals surface area contributed by atoms with Crippen LogP contribution in [0.2, 0.25) is 0 Å². The molecule has 3 aromatic rings. The molecule has 5 nitrogen and oxygen atoms in total. The monoisotopic (exact) mass is 397 g/mol. The van der Waals surface area contributed by atoms with Crippen LogP contribution in [0.5, 0.6) is 11.5 Å². The van der Waals surface area contributed by atoms with Crippen LogP contribution in [0.4, 0.5) is 5.69 Å². The van der Waals surface area contributed by atoms with Gasteiger partial charge < -0.3 is 15.2 Å². The summed E-state index contributed by atoms with van der Waals surface area (Å²) in [6.45, 7) is 4.00. The van der Waals surface area contributed by atoms with E-state index in [0.717, 1.165) is 28.7 Å². The van der Waals surface area contributed by atoms with E-state index in [9.17, 15) is 9.59 Å². The van der Waals surface area contributed by atoms with Crippen LogP contribution in [0.25, 0.3) is 11.1 Å². The van der Waals surface area contributed by atoms with Crippen molar-refractivity contribution in [2.24, 2.45) is 0 Å². The molecule has 0 radical (unpaired) electrons. The number of carbonyl (C=O) groups excluding carboxylic acids is 2. The molecule has 2 heterocycles. The van der Waals surface area contributed by atoms with Gasteiger partial charge in [-0.3, -0.25) is 0 Å². The van der Waals surface area contributed by atoms with Crippen molar-refractivity contribution in [1.82, 2.24) is 0 Å². The quantitative estimate of drug-likeness (QED) is 0.417. The van der Waals surface area contributed by atoms with E-state index < -0.39 is 11.9 Å². The first-order valence-electron chi connectivity index (χ1n) is 9.79. The van der Waals surface area contributed by atoms with Crippen molar-refractivity contribution >= 4 is 28.8 Å². The number of rotatable bonds is 3. The van der Waals surface area contributed by atoms with Gasteiger partial charge in [-0.25, -0.2) is 9.59 Å². The van der Waals surface area contributed by atoms with E-state index in [1.807, 2.05) is 50.2 Å². The van der Waals surface area contributed by atoms with Crippen molar-refractivity contribution in [2.75, 3.05) is 5.73 Å². The van der Waals surface area contributed by atoms with Gasteiger partial charge in [-0.05, 0) is 54.3 Å². The first kappa shape index (κ1) is 18.2. The minimum Gasteiger partial charge on any atom is -0.422 e. The molecule has 0 saturated carbocycles. The van der Waals surface area contributed by atoms with E-state index >= 15 is 0 Å². The van der Waals surface area contributed by atoms with Gasteiger partial charge in [0.25, 0.3) is 0 Å². The summed E-state index contributed by atoms with van der Waals surface area (Å²) in [5.74, 6) is 0.0117. The highest BCUT2D eigenvalue weighted by molar-refractivity contribution is 6.21. The van der Waals surface area contributed by atoms with E-state index in [1.54, 1.807) is 18.2 Å². The van der Waals surface area contributed by atoms with E-state index in [4.69, 9.17) is 15.2 Å². The minimum absolute atomic E-state index is 0.411. The second kappa shape index (κ2) is 6.59. The summed E-state index contributed by atoms with van der Waals surface area (Å²) in [7, 11) is 0. The minimum atomic E-state index is -0.427. The fourth-order valence-electron chi connectivity index (χ4n) is 3.98. The molecule has 0 saturated heterocycles. The lowest BCUT2D eigenvalue weighted by atomic mass is 9.98. The van der Waals surface area contributed by atoms with Crippen molar-refractivity contribution in [3.63, 3.8) is 0 Å². The molecule has 148 valence electrons. The molecule has 0 aliphatic carbocycles. The van der Waals surface area contributed by atoms with Crippen LogP contribution in [0.15, 0.2) is 54.6 Å². The van der Waals surface area contributed by atoms with Gasteiger partial charge >= 0.3 is 11.9 Å². The van der Waals surface area contributed by atoms with Crippen LogP contribution >= 0.6 is 0 Å². The third kappa shape index (κ3) is 2.70. The highest BCUT2D eigenvalue weighted by atomic mass is 16.5. The van der Waals surface area contributed by atoms with Crippen LogP contribution in [0, 0.1) is 6.92 Å². The molecule has 0 spiro atoms. The predicted molar refractivity (Wildman–Crippen MR) is 113 cm³/mol. The Morgan fingerprint density at radius 1 is 0.767 bits per heavy atom. The molecule has 0 aromatic heterocycles. The number of nitrogens with two attached hydrogens (primary N) is 1. The van der Waals surface area contributed by atoms with Crippen molar-refractivity contribution in [3.8, 4) is 11.5 Å². The fourth-order valence-corrected chi connectivity index (χ4v) is 3.98. The first-order chi connectivity index (χ1) is 14.5. The molecule has 5 heteroatoms. The van der Waals surface area contributed by atoms with E-state index in [1.165, 1.54) is 0 Å². The zero-order valence-electron chi connectivity index (χ0n) is 16.6. The molecular formula is C25H19NO4. The highest BCUT2D eigenvalue weighted by Crippen LogP contribution is 2.28. The lowest BCUT2D eigenvalue weighted by molar-refractivity contribution is -0.128. The number of fused-ring (bicyclic) bond motifs is 2. The van der Waals surface area contributed by atoms with E-state index in [-0.39, 0.29) is 0 Å². The number of carbonyl (C=O) groups is 2. The second-order valence-corrected chi connectivity index (χ2v) is 7.51. The van der Waals surface area contributed by atoms with Gasteiger partial charge in [-0.2, -0.15) is 0 Å². The standard InChI is InChI=1S/C25H19NO4/c1-3-14-10-16(8-9-19(14)26)23-18-12-20-17(11-21(18)30-25(23)28)22(24(27)29-20)15-6-4-13(2)5-7-15/h4-12H,3,26H2,1-2H3. The number of anilines is 1. The Labute approximate surface area is 173 Å². The molecule has 2 N–H and O–H groups in total. The number of hydrogen-bond donors (Lipinski definition) is 1. The molecular weight excluding hydrogens is 378 g/mol.